The third-order valence-electron chi connectivity index (χ3n) is 14.7. The molecule has 0 aromatic heterocycles. The summed E-state index contributed by atoms with van der Waals surface area (Å²) < 4.78 is 22.5. The number of ketones is 2. The van der Waals surface area contributed by atoms with Crippen molar-refractivity contribution in [2.45, 2.75) is 0 Å². The Morgan fingerprint density at radius 1 is 0.407 bits per heavy atom. The maximum Gasteiger partial charge on any atom is 0.269 e. The van der Waals surface area contributed by atoms with Crippen molar-refractivity contribution in [1.29, 1.82) is 0 Å². The van der Waals surface area contributed by atoms with Crippen LogP contribution in [0.5, 0.6) is 11.5 Å². The molecule has 0 spiro atoms. The highest BCUT2D eigenvalue weighted by Gasteiger charge is 2.32. The first-order valence-electron chi connectivity index (χ1n) is 28.1. The number of nitrogens with zero attached hydrogens (tertiary/aromatic N) is 8. The molecule has 0 atom stereocenters. The fourth-order valence-corrected chi connectivity index (χ4v) is 9.93. The van der Waals surface area contributed by atoms with Crippen molar-refractivity contribution in [3.05, 3.63) is 242 Å². The van der Waals surface area contributed by atoms with E-state index in [1.165, 1.54) is 97.1 Å². The summed E-state index contributed by atoms with van der Waals surface area (Å²) in [5.41, 5.74) is 4.13. The van der Waals surface area contributed by atoms with E-state index >= 15 is 0 Å². The number of non-ortho nitro benzene ring substituents is 4. The first-order valence-corrected chi connectivity index (χ1v) is 28.1. The van der Waals surface area contributed by atoms with E-state index < -0.39 is 19.7 Å². The second-order valence-corrected chi connectivity index (χ2v) is 20.7. The van der Waals surface area contributed by atoms with Gasteiger partial charge in [-0.1, -0.05) is 0 Å². The maximum atomic E-state index is 13.6. The molecule has 4 aliphatic rings. The number of carbonyl (C=O) groups is 4. The van der Waals surface area contributed by atoms with Crippen LogP contribution in [-0.2, 0) is 19.1 Å². The standard InChI is InChI=1S/2C32H30N4O8.2ClH.H2O/c2*37-31-26(19-23-1-7-28(8-2-23)35(39)40)21-34(22-27(31)20-24-3-9-29(10-4-24)36(41)42)32(38)25-5-11-30(12-6-25)44-18-15-33-13-16-43-17-14-33;;;/h2*1-12,19-20H,13-18,21-22H2;2*1H;1H2. The maximum absolute atomic E-state index is 13.6. The van der Waals surface area contributed by atoms with Crippen LogP contribution in [0.25, 0.3) is 24.3 Å². The molecule has 4 aliphatic heterocycles. The van der Waals surface area contributed by atoms with Crippen LogP contribution in [-0.4, -0.2) is 173 Å². The molecule has 27 heteroatoms. The number of hydrogen-bond donors (Lipinski definition) is 0. The van der Waals surface area contributed by atoms with Crippen molar-refractivity contribution in [1.82, 2.24) is 19.6 Å². The molecule has 0 radical (unpaired) electrons. The third-order valence-corrected chi connectivity index (χ3v) is 14.7. The lowest BCUT2D eigenvalue weighted by Crippen LogP contribution is -2.41. The van der Waals surface area contributed by atoms with Crippen LogP contribution < -0.4 is 9.47 Å². The minimum atomic E-state index is -0.505. The lowest BCUT2D eigenvalue weighted by atomic mass is 9.93. The molecule has 6 aromatic carbocycles. The lowest BCUT2D eigenvalue weighted by molar-refractivity contribution is -0.385. The normalized spacial score (nSPS) is 17.0. The minimum absolute atomic E-state index is 0. The Balaban J connectivity index is 0.000000280. The molecule has 6 aromatic rings. The largest absolute Gasteiger partial charge is 0.492 e. The Bertz CT molecular complexity index is 3290. The predicted molar refractivity (Wildman–Crippen MR) is 343 cm³/mol. The highest BCUT2D eigenvalue weighted by atomic mass is 35.5. The zero-order valence-corrected chi connectivity index (χ0v) is 50.5. The quantitative estimate of drug-likeness (QED) is 0.0440. The van der Waals surface area contributed by atoms with Gasteiger partial charge in [0.2, 0.25) is 0 Å². The average molecular weight is 1290 g/mol. The van der Waals surface area contributed by atoms with E-state index in [0.717, 1.165) is 39.3 Å². The summed E-state index contributed by atoms with van der Waals surface area (Å²) in [5.74, 6) is 0.134. The number of nitro groups is 4. The summed E-state index contributed by atoms with van der Waals surface area (Å²) in [5, 5.41) is 44.2. The molecular weight excluding hydrogens is 1220 g/mol. The summed E-state index contributed by atoms with van der Waals surface area (Å²) in [6.07, 6.45) is 6.45. The summed E-state index contributed by atoms with van der Waals surface area (Å²) in [7, 11) is 0. The van der Waals surface area contributed by atoms with Gasteiger partial charge in [-0.3, -0.25) is 69.4 Å². The molecule has 91 heavy (non-hydrogen) atoms. The van der Waals surface area contributed by atoms with Gasteiger partial charge in [-0.05, 0) is 144 Å². The molecule has 0 aliphatic carbocycles. The van der Waals surface area contributed by atoms with Gasteiger partial charge in [-0.2, -0.15) is 0 Å². The van der Waals surface area contributed by atoms with E-state index in [2.05, 4.69) is 9.80 Å². The topological polar surface area (TPSA) is 322 Å². The van der Waals surface area contributed by atoms with Crippen LogP contribution in [0.3, 0.4) is 0 Å². The molecule has 0 saturated carbocycles. The fourth-order valence-electron chi connectivity index (χ4n) is 9.93. The third kappa shape index (κ3) is 19.6. The number of benzene rings is 6. The molecule has 0 unspecified atom stereocenters. The number of halogens is 2. The molecule has 4 saturated heterocycles. The smallest absolute Gasteiger partial charge is 0.269 e. The van der Waals surface area contributed by atoms with Crippen molar-refractivity contribution < 1.29 is 63.3 Å². The van der Waals surface area contributed by atoms with E-state index in [0.29, 0.717) is 107 Å². The zero-order valence-electron chi connectivity index (χ0n) is 48.9. The highest BCUT2D eigenvalue weighted by molar-refractivity contribution is 6.17. The van der Waals surface area contributed by atoms with Crippen LogP contribution in [0.2, 0.25) is 0 Å². The summed E-state index contributed by atoms with van der Waals surface area (Å²) in [6, 6.07) is 36.8. The zero-order chi connectivity index (χ0) is 62.1. The van der Waals surface area contributed by atoms with Gasteiger partial charge in [0, 0.05) is 121 Å². The molecule has 4 heterocycles. The van der Waals surface area contributed by atoms with E-state index in [-0.39, 0.29) is 103 Å². The van der Waals surface area contributed by atoms with Crippen LogP contribution in [0.4, 0.5) is 22.7 Å². The number of piperidine rings is 2. The predicted octanol–water partition coefficient (Wildman–Crippen LogP) is 8.83. The van der Waals surface area contributed by atoms with Gasteiger partial charge in [-0.15, -0.1) is 24.8 Å². The number of ether oxygens (including phenoxy) is 4. The van der Waals surface area contributed by atoms with Crippen molar-refractivity contribution in [2.75, 3.05) is 105 Å². The number of nitro benzene ring substituents is 4. The Hall–Kier alpha value is -9.86. The monoisotopic (exact) mass is 1290 g/mol. The number of likely N-dealkylation sites (tertiary alicyclic amines) is 2. The van der Waals surface area contributed by atoms with Crippen molar-refractivity contribution in [2.24, 2.45) is 0 Å². The van der Waals surface area contributed by atoms with E-state index in [9.17, 15) is 59.6 Å². The van der Waals surface area contributed by atoms with Crippen molar-refractivity contribution in [3.63, 3.8) is 0 Å². The Morgan fingerprint density at radius 3 is 0.879 bits per heavy atom. The Labute approximate surface area is 534 Å². The van der Waals surface area contributed by atoms with Gasteiger partial charge in [0.1, 0.15) is 24.7 Å². The van der Waals surface area contributed by atoms with Gasteiger partial charge in [0.25, 0.3) is 34.6 Å². The molecule has 2 N–H and O–H groups in total. The van der Waals surface area contributed by atoms with Crippen LogP contribution in [0.1, 0.15) is 43.0 Å². The number of Topliss-reactive ketones (excluding diaryl/α,β-unsaturated/α-hetero) is 2. The van der Waals surface area contributed by atoms with Gasteiger partial charge in [-0.25, -0.2) is 0 Å². The van der Waals surface area contributed by atoms with Gasteiger partial charge in [0.05, 0.1) is 72.3 Å². The molecule has 476 valence electrons. The Morgan fingerprint density at radius 2 is 0.648 bits per heavy atom. The lowest BCUT2D eigenvalue weighted by Gasteiger charge is -2.30. The number of hydrogen-bond acceptors (Lipinski definition) is 18. The molecular formula is C64H64Cl2N8O17. The summed E-state index contributed by atoms with van der Waals surface area (Å²) >= 11 is 0. The second-order valence-electron chi connectivity index (χ2n) is 20.7. The number of amides is 2. The fraction of sp³-hybridized carbons (Fsp3) is 0.250. The van der Waals surface area contributed by atoms with Gasteiger partial charge in [0.15, 0.2) is 11.6 Å². The number of rotatable bonds is 18. The van der Waals surface area contributed by atoms with Gasteiger partial charge < -0.3 is 34.2 Å². The van der Waals surface area contributed by atoms with Crippen molar-refractivity contribution >= 4 is 95.2 Å². The molecule has 4 fully saturated rings. The Kier molecular flexibility index (Phi) is 26.0. The molecule has 10 rings (SSSR count). The second kappa shape index (κ2) is 33.6. The summed E-state index contributed by atoms with van der Waals surface area (Å²) in [6.45, 7) is 9.05. The molecule has 25 nitrogen and oxygen atoms in total. The van der Waals surface area contributed by atoms with Crippen LogP contribution in [0, 0.1) is 40.5 Å². The average Bonchev–Trinajstić information content (AvgIpc) is 1.22. The van der Waals surface area contributed by atoms with E-state index in [1.54, 1.807) is 82.6 Å². The van der Waals surface area contributed by atoms with Crippen LogP contribution >= 0.6 is 24.8 Å². The minimum Gasteiger partial charge on any atom is -0.492 e. The van der Waals surface area contributed by atoms with Gasteiger partial charge >= 0.3 is 0 Å². The highest BCUT2D eigenvalue weighted by Crippen LogP contribution is 2.29. The van der Waals surface area contributed by atoms with Crippen LogP contribution in [0.15, 0.2) is 168 Å². The molecule has 2 amide bonds. The van der Waals surface area contributed by atoms with Crippen molar-refractivity contribution in [3.8, 4) is 11.5 Å². The first kappa shape index (κ1) is 70.2. The molecule has 0 bridgehead atoms. The number of carbonyl (C=O) groups excluding carboxylic acids is 4. The first-order chi connectivity index (χ1) is 42.5. The van der Waals surface area contributed by atoms with E-state index in [4.69, 9.17) is 18.9 Å². The summed E-state index contributed by atoms with van der Waals surface area (Å²) in [4.78, 5) is 104. The SMILES string of the molecule is Cl.Cl.O.O=C1C(=Cc2ccc([N+](=O)[O-])cc2)CN(C(=O)c2ccc(OCCN3CCOCC3)cc2)CC1=Cc1ccc([N+](=O)[O-])cc1.O=C1C(=Cc2ccc([N+](=O)[O-])cc2)CN(C(=O)c2ccc(OCCN3CCOCC3)cc2)CC1=Cc1ccc([N+](=O)[O-])cc1. The number of morpholine rings is 2. The van der Waals surface area contributed by atoms with E-state index in [1.807, 2.05) is 0 Å².